The summed E-state index contributed by atoms with van der Waals surface area (Å²) in [7, 11) is 0. The van der Waals surface area contributed by atoms with E-state index in [0.717, 1.165) is 18.0 Å². The normalized spacial score (nSPS) is 20.4. The van der Waals surface area contributed by atoms with Crippen LogP contribution in [-0.4, -0.2) is 23.5 Å². The molecule has 1 fully saturated rings. The first kappa shape index (κ1) is 10.6. The quantitative estimate of drug-likeness (QED) is 0.800. The number of hydrogen-bond donors (Lipinski definition) is 2. The lowest BCUT2D eigenvalue weighted by Gasteiger charge is -2.09. The Morgan fingerprint density at radius 2 is 2.67 bits per heavy atom. The van der Waals surface area contributed by atoms with E-state index in [9.17, 15) is 4.79 Å². The first-order valence-corrected chi connectivity index (χ1v) is 6.11. The third-order valence-electron chi connectivity index (χ3n) is 2.51. The summed E-state index contributed by atoms with van der Waals surface area (Å²) in [5.74, 6) is 0.115. The summed E-state index contributed by atoms with van der Waals surface area (Å²) in [6.45, 7) is 1.60. The van der Waals surface area contributed by atoms with Crippen molar-refractivity contribution in [1.82, 2.24) is 15.6 Å². The average molecular weight is 225 g/mol. The number of rotatable bonds is 4. The molecule has 1 aliphatic heterocycles. The molecule has 1 amide bonds. The van der Waals surface area contributed by atoms with E-state index in [-0.39, 0.29) is 5.91 Å². The first-order chi connectivity index (χ1) is 7.34. The van der Waals surface area contributed by atoms with Gasteiger partial charge >= 0.3 is 0 Å². The number of carbonyl (C=O) groups excluding carboxylic acids is 1. The number of thiazole rings is 1. The summed E-state index contributed by atoms with van der Waals surface area (Å²) in [6, 6.07) is 0.376. The van der Waals surface area contributed by atoms with Crippen molar-refractivity contribution in [2.45, 2.75) is 31.8 Å². The topological polar surface area (TPSA) is 54.0 Å². The maximum Gasteiger partial charge on any atom is 0.221 e. The Kier molecular flexibility index (Phi) is 3.69. The molecule has 0 aromatic carbocycles. The smallest absolute Gasteiger partial charge is 0.221 e. The van der Waals surface area contributed by atoms with Crippen molar-refractivity contribution in [1.29, 1.82) is 0 Å². The van der Waals surface area contributed by atoms with Gasteiger partial charge in [-0.3, -0.25) is 4.79 Å². The Hall–Kier alpha value is -0.940. The third kappa shape index (κ3) is 3.28. The predicted octanol–water partition coefficient (Wildman–Crippen LogP) is 0.901. The lowest BCUT2D eigenvalue weighted by molar-refractivity contribution is -0.121. The molecule has 1 unspecified atom stereocenters. The lowest BCUT2D eigenvalue weighted by atomic mass is 10.1. The van der Waals surface area contributed by atoms with E-state index in [1.165, 1.54) is 6.42 Å². The van der Waals surface area contributed by atoms with Crippen LogP contribution in [0.25, 0.3) is 0 Å². The minimum Gasteiger partial charge on any atom is -0.350 e. The number of amides is 1. The molecule has 1 aromatic heterocycles. The number of nitrogens with one attached hydrogen (secondary N) is 2. The second-order valence-electron chi connectivity index (χ2n) is 3.70. The van der Waals surface area contributed by atoms with Crippen molar-refractivity contribution in [2.24, 2.45) is 0 Å². The van der Waals surface area contributed by atoms with E-state index in [1.54, 1.807) is 17.5 Å². The molecule has 0 radical (unpaired) electrons. The number of hydrogen-bond acceptors (Lipinski definition) is 4. The lowest BCUT2D eigenvalue weighted by Crippen LogP contribution is -2.31. The molecule has 0 bridgehead atoms. The second kappa shape index (κ2) is 5.23. The number of carbonyl (C=O) groups is 1. The van der Waals surface area contributed by atoms with Gasteiger partial charge in [-0.05, 0) is 19.4 Å². The SMILES string of the molecule is O=C(CC1CCCN1)NCc1nccs1. The fourth-order valence-corrected chi connectivity index (χ4v) is 2.30. The molecule has 15 heavy (non-hydrogen) atoms. The van der Waals surface area contributed by atoms with Crippen LogP contribution in [0.5, 0.6) is 0 Å². The summed E-state index contributed by atoms with van der Waals surface area (Å²) >= 11 is 1.57. The summed E-state index contributed by atoms with van der Waals surface area (Å²) in [6.07, 6.45) is 4.64. The van der Waals surface area contributed by atoms with Crippen LogP contribution in [0.15, 0.2) is 11.6 Å². The molecule has 82 valence electrons. The highest BCUT2D eigenvalue weighted by atomic mass is 32.1. The standard InChI is InChI=1S/C10H15N3OS/c14-9(6-8-2-1-3-11-8)13-7-10-12-4-5-15-10/h4-5,8,11H,1-3,6-7H2,(H,13,14). The molecule has 2 N–H and O–H groups in total. The minimum absolute atomic E-state index is 0.115. The van der Waals surface area contributed by atoms with Gasteiger partial charge in [0.15, 0.2) is 0 Å². The second-order valence-corrected chi connectivity index (χ2v) is 4.68. The molecule has 2 rings (SSSR count). The maximum absolute atomic E-state index is 11.5. The Morgan fingerprint density at radius 3 is 3.33 bits per heavy atom. The van der Waals surface area contributed by atoms with E-state index in [4.69, 9.17) is 0 Å². The third-order valence-corrected chi connectivity index (χ3v) is 3.29. The van der Waals surface area contributed by atoms with Crippen LogP contribution in [0.2, 0.25) is 0 Å². The van der Waals surface area contributed by atoms with Crippen molar-refractivity contribution in [3.8, 4) is 0 Å². The molecule has 5 heteroatoms. The van der Waals surface area contributed by atoms with Crippen molar-refractivity contribution in [2.75, 3.05) is 6.54 Å². The van der Waals surface area contributed by atoms with Crippen LogP contribution in [0.3, 0.4) is 0 Å². The fraction of sp³-hybridized carbons (Fsp3) is 0.600. The summed E-state index contributed by atoms with van der Waals surface area (Å²) < 4.78 is 0. The van der Waals surface area contributed by atoms with Crippen molar-refractivity contribution in [3.05, 3.63) is 16.6 Å². The van der Waals surface area contributed by atoms with E-state index in [2.05, 4.69) is 15.6 Å². The van der Waals surface area contributed by atoms with Crippen molar-refractivity contribution < 1.29 is 4.79 Å². The van der Waals surface area contributed by atoms with Crippen LogP contribution in [0.4, 0.5) is 0 Å². The van der Waals surface area contributed by atoms with Gasteiger partial charge in [0.2, 0.25) is 5.91 Å². The van der Waals surface area contributed by atoms with E-state index in [1.807, 2.05) is 5.38 Å². The van der Waals surface area contributed by atoms with Gasteiger partial charge in [0.1, 0.15) is 5.01 Å². The highest BCUT2D eigenvalue weighted by Gasteiger charge is 2.17. The zero-order valence-electron chi connectivity index (χ0n) is 8.53. The predicted molar refractivity (Wildman–Crippen MR) is 59.6 cm³/mol. The zero-order chi connectivity index (χ0) is 10.5. The highest BCUT2D eigenvalue weighted by Crippen LogP contribution is 2.08. The van der Waals surface area contributed by atoms with Gasteiger partial charge < -0.3 is 10.6 Å². The summed E-state index contributed by atoms with van der Waals surface area (Å²) in [4.78, 5) is 15.6. The van der Waals surface area contributed by atoms with Crippen LogP contribution < -0.4 is 10.6 Å². The van der Waals surface area contributed by atoms with Crippen LogP contribution in [-0.2, 0) is 11.3 Å². The van der Waals surface area contributed by atoms with Gasteiger partial charge in [-0.1, -0.05) is 0 Å². The molecule has 1 saturated heterocycles. The molecule has 1 aromatic rings. The Labute approximate surface area is 93.1 Å². The monoisotopic (exact) mass is 225 g/mol. The van der Waals surface area contributed by atoms with E-state index >= 15 is 0 Å². The molecule has 1 aliphatic rings. The Bertz CT molecular complexity index is 306. The molecule has 4 nitrogen and oxygen atoms in total. The minimum atomic E-state index is 0.115. The number of nitrogens with zero attached hydrogens (tertiary/aromatic N) is 1. The molecule has 1 atom stereocenters. The molecule has 0 saturated carbocycles. The molecular weight excluding hydrogens is 210 g/mol. The van der Waals surface area contributed by atoms with Crippen LogP contribution in [0, 0.1) is 0 Å². The summed E-state index contributed by atoms with van der Waals surface area (Å²) in [5, 5.41) is 9.07. The average Bonchev–Trinajstić information content (AvgIpc) is 2.86. The van der Waals surface area contributed by atoms with Crippen LogP contribution in [0.1, 0.15) is 24.3 Å². The molecule has 0 spiro atoms. The van der Waals surface area contributed by atoms with Gasteiger partial charge in [-0.2, -0.15) is 0 Å². The van der Waals surface area contributed by atoms with Gasteiger partial charge in [0.05, 0.1) is 6.54 Å². The van der Waals surface area contributed by atoms with Crippen LogP contribution >= 0.6 is 11.3 Å². The molecule has 2 heterocycles. The number of aromatic nitrogens is 1. The molecular formula is C10H15N3OS. The Balaban J connectivity index is 1.68. The Morgan fingerprint density at radius 1 is 1.73 bits per heavy atom. The zero-order valence-corrected chi connectivity index (χ0v) is 9.35. The highest BCUT2D eigenvalue weighted by molar-refractivity contribution is 7.09. The summed E-state index contributed by atoms with van der Waals surface area (Å²) in [5.41, 5.74) is 0. The van der Waals surface area contributed by atoms with Gasteiger partial charge in [0.25, 0.3) is 0 Å². The van der Waals surface area contributed by atoms with E-state index < -0.39 is 0 Å². The van der Waals surface area contributed by atoms with Crippen molar-refractivity contribution in [3.63, 3.8) is 0 Å². The van der Waals surface area contributed by atoms with Crippen molar-refractivity contribution >= 4 is 17.2 Å². The molecule has 0 aliphatic carbocycles. The van der Waals surface area contributed by atoms with Gasteiger partial charge in [-0.25, -0.2) is 4.98 Å². The fourth-order valence-electron chi connectivity index (χ4n) is 1.74. The van der Waals surface area contributed by atoms with Gasteiger partial charge in [0, 0.05) is 24.0 Å². The van der Waals surface area contributed by atoms with Gasteiger partial charge in [-0.15, -0.1) is 11.3 Å². The van der Waals surface area contributed by atoms with E-state index in [0.29, 0.717) is 19.0 Å². The first-order valence-electron chi connectivity index (χ1n) is 5.23. The maximum atomic E-state index is 11.5. The largest absolute Gasteiger partial charge is 0.350 e.